The molecule has 0 saturated heterocycles. The lowest BCUT2D eigenvalue weighted by atomic mass is 9.98. The molecule has 0 spiro atoms. The second-order valence-electron chi connectivity index (χ2n) is 3.37. The largest absolute Gasteiger partial charge is 0.324 e. The molecule has 0 aliphatic carbocycles. The molecule has 1 aromatic rings. The van der Waals surface area contributed by atoms with E-state index in [1.165, 1.54) is 5.56 Å². The van der Waals surface area contributed by atoms with Gasteiger partial charge < -0.3 is 5.73 Å². The summed E-state index contributed by atoms with van der Waals surface area (Å²) >= 11 is 6.08. The zero-order valence-corrected chi connectivity index (χ0v) is 8.93. The zero-order chi connectivity index (χ0) is 9.84. The van der Waals surface area contributed by atoms with Crippen LogP contribution in [0.2, 0.25) is 5.02 Å². The Morgan fingerprint density at radius 1 is 1.46 bits per heavy atom. The summed E-state index contributed by atoms with van der Waals surface area (Å²) in [5.74, 6) is 0. The number of aryl methyl sites for hydroxylation is 1. The van der Waals surface area contributed by atoms with Crippen molar-refractivity contribution in [2.45, 2.75) is 32.7 Å². The van der Waals surface area contributed by atoms with E-state index in [0.717, 1.165) is 23.4 Å². The summed E-state index contributed by atoms with van der Waals surface area (Å²) < 4.78 is 0. The molecule has 1 atom stereocenters. The van der Waals surface area contributed by atoms with Gasteiger partial charge in [0.05, 0.1) is 0 Å². The minimum absolute atomic E-state index is 0.0821. The third-order valence-corrected chi connectivity index (χ3v) is 2.57. The summed E-state index contributed by atoms with van der Waals surface area (Å²) in [6.07, 6.45) is 2.08. The third kappa shape index (κ3) is 2.45. The summed E-state index contributed by atoms with van der Waals surface area (Å²) in [6.45, 7) is 4.18. The lowest BCUT2D eigenvalue weighted by molar-refractivity contribution is 0.635. The minimum atomic E-state index is 0.0821. The molecule has 0 heterocycles. The van der Waals surface area contributed by atoms with E-state index in [4.69, 9.17) is 17.3 Å². The van der Waals surface area contributed by atoms with Gasteiger partial charge in [-0.1, -0.05) is 37.1 Å². The highest BCUT2D eigenvalue weighted by molar-refractivity contribution is 6.31. The van der Waals surface area contributed by atoms with E-state index in [9.17, 15) is 0 Å². The second-order valence-corrected chi connectivity index (χ2v) is 3.77. The highest BCUT2D eigenvalue weighted by Crippen LogP contribution is 2.27. The predicted molar refractivity (Wildman–Crippen MR) is 58.0 cm³/mol. The first kappa shape index (κ1) is 10.6. The van der Waals surface area contributed by atoms with E-state index in [0.29, 0.717) is 0 Å². The predicted octanol–water partition coefficient (Wildman–Crippen LogP) is 3.45. The van der Waals surface area contributed by atoms with Crippen LogP contribution in [0.4, 0.5) is 0 Å². The molecule has 0 unspecified atom stereocenters. The number of hydrogen-bond donors (Lipinski definition) is 1. The van der Waals surface area contributed by atoms with E-state index in [1.807, 2.05) is 12.1 Å². The Kier molecular flexibility index (Phi) is 3.76. The normalized spacial score (nSPS) is 12.9. The van der Waals surface area contributed by atoms with Gasteiger partial charge >= 0.3 is 0 Å². The van der Waals surface area contributed by atoms with Crippen molar-refractivity contribution in [2.75, 3.05) is 0 Å². The van der Waals surface area contributed by atoms with Crippen molar-refractivity contribution in [3.63, 3.8) is 0 Å². The van der Waals surface area contributed by atoms with Gasteiger partial charge in [-0.3, -0.25) is 0 Å². The van der Waals surface area contributed by atoms with Crippen LogP contribution in [0.3, 0.4) is 0 Å². The van der Waals surface area contributed by atoms with Crippen molar-refractivity contribution >= 4 is 11.6 Å². The SMILES string of the molecule is CCC[C@@H](N)c1c(C)cccc1Cl. The van der Waals surface area contributed by atoms with Crippen molar-refractivity contribution in [3.05, 3.63) is 34.3 Å². The molecule has 72 valence electrons. The molecule has 2 N–H and O–H groups in total. The van der Waals surface area contributed by atoms with Gasteiger partial charge in [0.25, 0.3) is 0 Å². The lowest BCUT2D eigenvalue weighted by Gasteiger charge is -2.15. The summed E-state index contributed by atoms with van der Waals surface area (Å²) in [4.78, 5) is 0. The zero-order valence-electron chi connectivity index (χ0n) is 8.18. The number of halogens is 1. The molecule has 2 heteroatoms. The molecule has 0 radical (unpaired) electrons. The Labute approximate surface area is 84.9 Å². The molecule has 1 rings (SSSR count). The van der Waals surface area contributed by atoms with Crippen molar-refractivity contribution in [1.29, 1.82) is 0 Å². The van der Waals surface area contributed by atoms with E-state index < -0.39 is 0 Å². The molecule has 0 aliphatic rings. The van der Waals surface area contributed by atoms with Crippen LogP contribution in [0.5, 0.6) is 0 Å². The van der Waals surface area contributed by atoms with Crippen LogP contribution in [0, 0.1) is 6.92 Å². The molecule has 1 nitrogen and oxygen atoms in total. The van der Waals surface area contributed by atoms with E-state index in [2.05, 4.69) is 19.9 Å². The van der Waals surface area contributed by atoms with Crippen molar-refractivity contribution in [1.82, 2.24) is 0 Å². The lowest BCUT2D eigenvalue weighted by Crippen LogP contribution is -2.11. The van der Waals surface area contributed by atoms with Gasteiger partial charge in [-0.05, 0) is 30.5 Å². The first-order valence-corrected chi connectivity index (χ1v) is 5.05. The average Bonchev–Trinajstić information content (AvgIpc) is 2.04. The number of nitrogens with two attached hydrogens (primary N) is 1. The van der Waals surface area contributed by atoms with E-state index in [1.54, 1.807) is 0 Å². The Morgan fingerprint density at radius 3 is 2.69 bits per heavy atom. The van der Waals surface area contributed by atoms with Gasteiger partial charge in [-0.2, -0.15) is 0 Å². The fraction of sp³-hybridized carbons (Fsp3) is 0.455. The van der Waals surface area contributed by atoms with Gasteiger partial charge in [0.2, 0.25) is 0 Å². The number of benzene rings is 1. The maximum Gasteiger partial charge on any atom is 0.0456 e. The van der Waals surface area contributed by atoms with Crippen molar-refractivity contribution < 1.29 is 0 Å². The summed E-state index contributed by atoms with van der Waals surface area (Å²) in [5, 5.41) is 0.793. The Hall–Kier alpha value is -0.530. The molecule has 0 aromatic heterocycles. The van der Waals surface area contributed by atoms with Crippen molar-refractivity contribution in [3.8, 4) is 0 Å². The van der Waals surface area contributed by atoms with Crippen LogP contribution in [0.1, 0.15) is 36.9 Å². The molecule has 1 aromatic carbocycles. The standard InChI is InChI=1S/C11H16ClN/c1-3-5-10(13)11-8(2)6-4-7-9(11)12/h4,6-7,10H,3,5,13H2,1-2H3/t10-/m1/s1. The van der Waals surface area contributed by atoms with Crippen LogP contribution >= 0.6 is 11.6 Å². The third-order valence-electron chi connectivity index (χ3n) is 2.24. The molecule has 13 heavy (non-hydrogen) atoms. The summed E-state index contributed by atoms with van der Waals surface area (Å²) in [6, 6.07) is 5.99. The Bertz CT molecular complexity index is 263. The van der Waals surface area contributed by atoms with Crippen LogP contribution in [-0.2, 0) is 0 Å². The smallest absolute Gasteiger partial charge is 0.0456 e. The fourth-order valence-electron chi connectivity index (χ4n) is 1.57. The fourth-order valence-corrected chi connectivity index (χ4v) is 1.93. The van der Waals surface area contributed by atoms with Gasteiger partial charge in [-0.15, -0.1) is 0 Å². The minimum Gasteiger partial charge on any atom is -0.324 e. The second kappa shape index (κ2) is 4.64. The van der Waals surface area contributed by atoms with Crippen molar-refractivity contribution in [2.24, 2.45) is 5.73 Å². The maximum absolute atomic E-state index is 6.08. The molecule has 0 saturated carbocycles. The summed E-state index contributed by atoms with van der Waals surface area (Å²) in [7, 11) is 0. The Morgan fingerprint density at radius 2 is 2.15 bits per heavy atom. The van der Waals surface area contributed by atoms with Crippen LogP contribution < -0.4 is 5.73 Å². The van der Waals surface area contributed by atoms with Crippen LogP contribution in [-0.4, -0.2) is 0 Å². The Balaban J connectivity index is 2.98. The average molecular weight is 198 g/mol. The van der Waals surface area contributed by atoms with Crippen LogP contribution in [0.15, 0.2) is 18.2 Å². The first-order valence-electron chi connectivity index (χ1n) is 4.67. The molecular weight excluding hydrogens is 182 g/mol. The quantitative estimate of drug-likeness (QED) is 0.790. The first-order chi connectivity index (χ1) is 6.16. The van der Waals surface area contributed by atoms with E-state index >= 15 is 0 Å². The summed E-state index contributed by atoms with van der Waals surface area (Å²) in [5.41, 5.74) is 8.31. The molecule has 0 amide bonds. The van der Waals surface area contributed by atoms with Gasteiger partial charge in [-0.25, -0.2) is 0 Å². The monoisotopic (exact) mass is 197 g/mol. The maximum atomic E-state index is 6.08. The highest BCUT2D eigenvalue weighted by atomic mass is 35.5. The van der Waals surface area contributed by atoms with Gasteiger partial charge in [0, 0.05) is 11.1 Å². The number of hydrogen-bond acceptors (Lipinski definition) is 1. The molecule has 0 aliphatic heterocycles. The van der Waals surface area contributed by atoms with E-state index in [-0.39, 0.29) is 6.04 Å². The molecule has 0 bridgehead atoms. The molecule has 0 fully saturated rings. The molecular formula is C11H16ClN. The van der Waals surface area contributed by atoms with Gasteiger partial charge in [0.1, 0.15) is 0 Å². The highest BCUT2D eigenvalue weighted by Gasteiger charge is 2.11. The van der Waals surface area contributed by atoms with Gasteiger partial charge in [0.15, 0.2) is 0 Å². The van der Waals surface area contributed by atoms with Crippen LogP contribution in [0.25, 0.3) is 0 Å². The topological polar surface area (TPSA) is 26.0 Å². The number of rotatable bonds is 3.